The van der Waals surface area contributed by atoms with Crippen LogP contribution in [0.15, 0.2) is 0 Å². The van der Waals surface area contributed by atoms with Crippen molar-refractivity contribution >= 4 is 11.9 Å². The number of rotatable bonds is 6. The quantitative estimate of drug-likeness (QED) is 0.819. The molecule has 2 aliphatic rings. The zero-order chi connectivity index (χ0) is 15.9. The maximum absolute atomic E-state index is 12.3. The molecule has 3 atom stereocenters. The highest BCUT2D eigenvalue weighted by atomic mass is 16.5. The van der Waals surface area contributed by atoms with E-state index in [4.69, 9.17) is 9.84 Å². The van der Waals surface area contributed by atoms with Crippen molar-refractivity contribution in [3.63, 3.8) is 0 Å². The number of piperidine rings is 1. The molecule has 126 valence electrons. The van der Waals surface area contributed by atoms with E-state index in [1.165, 1.54) is 19.3 Å². The molecule has 0 aromatic carbocycles. The van der Waals surface area contributed by atoms with Crippen molar-refractivity contribution in [2.75, 3.05) is 19.7 Å². The highest BCUT2D eigenvalue weighted by molar-refractivity contribution is 5.77. The zero-order valence-electron chi connectivity index (χ0n) is 13.6. The molecule has 0 spiro atoms. The van der Waals surface area contributed by atoms with Crippen LogP contribution in [0.2, 0.25) is 0 Å². The van der Waals surface area contributed by atoms with Crippen LogP contribution in [0.5, 0.6) is 0 Å². The number of amides is 1. The largest absolute Gasteiger partial charge is 0.481 e. The van der Waals surface area contributed by atoms with Crippen LogP contribution in [0, 0.1) is 11.8 Å². The van der Waals surface area contributed by atoms with Crippen LogP contribution in [0.3, 0.4) is 0 Å². The highest BCUT2D eigenvalue weighted by Gasteiger charge is 2.26. The molecule has 0 unspecified atom stereocenters. The Bertz CT molecular complexity index is 385. The molecule has 0 aromatic rings. The number of carboxylic acids is 1. The van der Waals surface area contributed by atoms with Gasteiger partial charge in [0.05, 0.1) is 6.10 Å². The Labute approximate surface area is 133 Å². The maximum Gasteiger partial charge on any atom is 0.303 e. The lowest BCUT2D eigenvalue weighted by Crippen LogP contribution is -2.42. The minimum absolute atomic E-state index is 0.0674. The van der Waals surface area contributed by atoms with E-state index in [0.29, 0.717) is 24.8 Å². The molecule has 1 saturated carbocycles. The summed E-state index contributed by atoms with van der Waals surface area (Å²) < 4.78 is 5.86. The summed E-state index contributed by atoms with van der Waals surface area (Å²) in [7, 11) is 0. The van der Waals surface area contributed by atoms with Crippen molar-refractivity contribution in [2.45, 2.75) is 64.4 Å². The number of aliphatic carboxylic acids is 1. The summed E-state index contributed by atoms with van der Waals surface area (Å²) in [6.07, 6.45) is 7.81. The van der Waals surface area contributed by atoms with Crippen molar-refractivity contribution in [3.8, 4) is 0 Å². The Morgan fingerprint density at radius 1 is 1.18 bits per heavy atom. The number of hydrogen-bond donors (Lipinski definition) is 1. The first kappa shape index (κ1) is 17.3. The van der Waals surface area contributed by atoms with Crippen molar-refractivity contribution in [2.24, 2.45) is 11.8 Å². The summed E-state index contributed by atoms with van der Waals surface area (Å²) in [5, 5.41) is 8.77. The number of carbonyl (C=O) groups excluding carboxylic acids is 1. The monoisotopic (exact) mass is 311 g/mol. The third kappa shape index (κ3) is 5.27. The molecule has 0 aromatic heterocycles. The van der Waals surface area contributed by atoms with E-state index in [1.54, 1.807) is 0 Å². The Morgan fingerprint density at radius 2 is 1.95 bits per heavy atom. The van der Waals surface area contributed by atoms with Crippen molar-refractivity contribution in [3.05, 3.63) is 0 Å². The first-order valence-corrected chi connectivity index (χ1v) is 8.67. The standard InChI is InChI=1S/C17H29NO4/c1-13-5-2-3-7-15(13)22-12-16(19)18-10-4-6-14(11-18)8-9-17(20)21/h13-15H,2-12H2,1H3,(H,20,21)/t13-,14+,15-/m1/s1. The van der Waals surface area contributed by atoms with Gasteiger partial charge in [-0.1, -0.05) is 19.8 Å². The summed E-state index contributed by atoms with van der Waals surface area (Å²) in [4.78, 5) is 24.8. The Balaban J connectivity index is 1.73. The van der Waals surface area contributed by atoms with Gasteiger partial charge in [-0.15, -0.1) is 0 Å². The van der Waals surface area contributed by atoms with E-state index in [0.717, 1.165) is 25.8 Å². The molecule has 1 aliphatic carbocycles. The molecule has 2 fully saturated rings. The molecule has 1 N–H and O–H groups in total. The SMILES string of the molecule is C[C@@H]1CCCC[C@H]1OCC(=O)N1CCC[C@@H](CCC(=O)O)C1. The second-order valence-electron chi connectivity index (χ2n) is 6.89. The van der Waals surface area contributed by atoms with Gasteiger partial charge in [0.15, 0.2) is 0 Å². The average molecular weight is 311 g/mol. The van der Waals surface area contributed by atoms with Crippen LogP contribution in [-0.2, 0) is 14.3 Å². The smallest absolute Gasteiger partial charge is 0.303 e. The number of carboxylic acid groups (broad SMARTS) is 1. The van der Waals surface area contributed by atoms with Gasteiger partial charge in [-0.25, -0.2) is 0 Å². The minimum Gasteiger partial charge on any atom is -0.481 e. The molecule has 1 amide bonds. The predicted octanol–water partition coefficient (Wildman–Crippen LogP) is 2.69. The zero-order valence-corrected chi connectivity index (χ0v) is 13.6. The average Bonchev–Trinajstić information content (AvgIpc) is 2.52. The number of hydrogen-bond acceptors (Lipinski definition) is 3. The lowest BCUT2D eigenvalue weighted by atomic mass is 9.88. The molecule has 0 bridgehead atoms. The molecule has 5 nitrogen and oxygen atoms in total. The maximum atomic E-state index is 12.3. The van der Waals surface area contributed by atoms with Crippen LogP contribution >= 0.6 is 0 Å². The van der Waals surface area contributed by atoms with Gasteiger partial charge in [-0.3, -0.25) is 9.59 Å². The van der Waals surface area contributed by atoms with E-state index in [1.807, 2.05) is 4.90 Å². The molecule has 1 aliphatic heterocycles. The number of nitrogens with zero attached hydrogens (tertiary/aromatic N) is 1. The molecule has 1 saturated heterocycles. The van der Waals surface area contributed by atoms with Gasteiger partial charge < -0.3 is 14.7 Å². The van der Waals surface area contributed by atoms with E-state index in [9.17, 15) is 9.59 Å². The lowest BCUT2D eigenvalue weighted by molar-refractivity contribution is -0.142. The summed E-state index contributed by atoms with van der Waals surface area (Å²) >= 11 is 0. The predicted molar refractivity (Wildman–Crippen MR) is 83.5 cm³/mol. The minimum atomic E-state index is -0.752. The topological polar surface area (TPSA) is 66.8 Å². The Morgan fingerprint density at radius 3 is 2.68 bits per heavy atom. The van der Waals surface area contributed by atoms with E-state index < -0.39 is 5.97 Å². The van der Waals surface area contributed by atoms with E-state index in [-0.39, 0.29) is 25.0 Å². The second kappa shape index (κ2) is 8.51. The fourth-order valence-corrected chi connectivity index (χ4v) is 3.65. The van der Waals surface area contributed by atoms with E-state index >= 15 is 0 Å². The van der Waals surface area contributed by atoms with Crippen LogP contribution in [0.4, 0.5) is 0 Å². The first-order chi connectivity index (χ1) is 10.6. The molecule has 0 radical (unpaired) electrons. The molecular formula is C17H29NO4. The van der Waals surface area contributed by atoms with Crippen LogP contribution < -0.4 is 0 Å². The van der Waals surface area contributed by atoms with E-state index in [2.05, 4.69) is 6.92 Å². The molecule has 22 heavy (non-hydrogen) atoms. The van der Waals surface area contributed by atoms with Gasteiger partial charge in [0.25, 0.3) is 0 Å². The molecule has 2 rings (SSSR count). The molecular weight excluding hydrogens is 282 g/mol. The number of carbonyl (C=O) groups is 2. The third-order valence-corrected chi connectivity index (χ3v) is 5.09. The van der Waals surface area contributed by atoms with Crippen molar-refractivity contribution in [1.82, 2.24) is 4.90 Å². The number of likely N-dealkylation sites (tertiary alicyclic amines) is 1. The van der Waals surface area contributed by atoms with Gasteiger partial charge in [0, 0.05) is 19.5 Å². The van der Waals surface area contributed by atoms with Crippen LogP contribution in [-0.4, -0.2) is 47.7 Å². The summed E-state index contributed by atoms with van der Waals surface area (Å²) in [6, 6.07) is 0. The van der Waals surface area contributed by atoms with Gasteiger partial charge in [-0.05, 0) is 43.9 Å². The lowest BCUT2D eigenvalue weighted by Gasteiger charge is -2.34. The van der Waals surface area contributed by atoms with Gasteiger partial charge in [-0.2, -0.15) is 0 Å². The van der Waals surface area contributed by atoms with Gasteiger partial charge in [0.1, 0.15) is 6.61 Å². The van der Waals surface area contributed by atoms with Crippen molar-refractivity contribution in [1.29, 1.82) is 0 Å². The van der Waals surface area contributed by atoms with Gasteiger partial charge in [0.2, 0.25) is 5.91 Å². The van der Waals surface area contributed by atoms with Crippen LogP contribution in [0.25, 0.3) is 0 Å². The van der Waals surface area contributed by atoms with Gasteiger partial charge >= 0.3 is 5.97 Å². The Kier molecular flexibility index (Phi) is 6.68. The first-order valence-electron chi connectivity index (χ1n) is 8.67. The highest BCUT2D eigenvalue weighted by Crippen LogP contribution is 2.26. The fraction of sp³-hybridized carbons (Fsp3) is 0.882. The Hall–Kier alpha value is -1.10. The second-order valence-corrected chi connectivity index (χ2v) is 6.89. The van der Waals surface area contributed by atoms with Crippen LogP contribution in [0.1, 0.15) is 58.3 Å². The molecule has 5 heteroatoms. The van der Waals surface area contributed by atoms with Crippen molar-refractivity contribution < 1.29 is 19.4 Å². The third-order valence-electron chi connectivity index (χ3n) is 5.09. The summed E-state index contributed by atoms with van der Waals surface area (Å²) in [6.45, 7) is 3.86. The molecule has 1 heterocycles. The number of ether oxygens (including phenoxy) is 1. The summed E-state index contributed by atoms with van der Waals surface area (Å²) in [5.41, 5.74) is 0. The fourth-order valence-electron chi connectivity index (χ4n) is 3.65. The summed E-state index contributed by atoms with van der Waals surface area (Å²) in [5.74, 6) is 0.185. The normalized spacial score (nSPS) is 29.3.